The van der Waals surface area contributed by atoms with Crippen LogP contribution in [0.3, 0.4) is 0 Å². The lowest BCUT2D eigenvalue weighted by Crippen LogP contribution is -1.92. The smallest absolute Gasteiger partial charge is 0.233 e. The molecule has 5 rings (SSSR count). The summed E-state index contributed by atoms with van der Waals surface area (Å²) < 4.78 is 17.2. The van der Waals surface area contributed by atoms with Crippen molar-refractivity contribution in [2.45, 2.75) is 6.42 Å². The number of aromatic nitrogens is 3. The summed E-state index contributed by atoms with van der Waals surface area (Å²) in [5.74, 6) is 2.47. The molecule has 0 amide bonds. The van der Waals surface area contributed by atoms with Crippen molar-refractivity contribution in [3.8, 4) is 34.1 Å². The zero-order chi connectivity index (χ0) is 18.2. The van der Waals surface area contributed by atoms with Crippen LogP contribution in [0.1, 0.15) is 10.9 Å². The highest BCUT2D eigenvalue weighted by Crippen LogP contribution is 2.35. The van der Waals surface area contributed by atoms with E-state index in [1.165, 1.54) is 0 Å². The van der Waals surface area contributed by atoms with Crippen LogP contribution in [0.4, 0.5) is 0 Å². The van der Waals surface area contributed by atoms with E-state index in [0.29, 0.717) is 23.9 Å². The van der Waals surface area contributed by atoms with Crippen molar-refractivity contribution < 1.29 is 14.0 Å². The van der Waals surface area contributed by atoms with Crippen LogP contribution in [0, 0.1) is 0 Å². The van der Waals surface area contributed by atoms with E-state index < -0.39 is 0 Å². The van der Waals surface area contributed by atoms with Crippen LogP contribution in [-0.4, -0.2) is 21.9 Å². The third-order valence-electron chi connectivity index (χ3n) is 4.09. The average Bonchev–Trinajstić information content (AvgIpc) is 3.42. The molecule has 4 aromatic rings. The van der Waals surface area contributed by atoms with Gasteiger partial charge >= 0.3 is 0 Å². The molecule has 0 spiro atoms. The third-order valence-corrected chi connectivity index (χ3v) is 5.47. The Morgan fingerprint density at radius 1 is 0.963 bits per heavy atom. The Morgan fingerprint density at radius 3 is 2.67 bits per heavy atom. The Hall–Kier alpha value is -2.71. The number of rotatable bonds is 4. The number of halogens is 1. The third kappa shape index (κ3) is 3.33. The van der Waals surface area contributed by atoms with Gasteiger partial charge in [0.2, 0.25) is 18.5 Å². The van der Waals surface area contributed by atoms with E-state index in [1.54, 1.807) is 11.3 Å². The van der Waals surface area contributed by atoms with Gasteiger partial charge in [0.25, 0.3) is 0 Å². The van der Waals surface area contributed by atoms with Gasteiger partial charge in [-0.05, 0) is 30.3 Å². The zero-order valence-corrected chi connectivity index (χ0v) is 16.3. The second-order valence-electron chi connectivity index (χ2n) is 5.89. The number of ether oxygens (including phenoxy) is 2. The summed E-state index contributed by atoms with van der Waals surface area (Å²) in [6.45, 7) is 0.237. The Balaban J connectivity index is 1.34. The molecule has 0 atom stereocenters. The maximum absolute atomic E-state index is 5.40. The number of hydrogen-bond donors (Lipinski definition) is 0. The van der Waals surface area contributed by atoms with E-state index in [1.807, 2.05) is 47.8 Å². The highest BCUT2D eigenvalue weighted by atomic mass is 79.9. The predicted molar refractivity (Wildman–Crippen MR) is 104 cm³/mol. The molecule has 0 N–H and O–H groups in total. The monoisotopic (exact) mass is 441 g/mol. The van der Waals surface area contributed by atoms with E-state index in [0.717, 1.165) is 32.1 Å². The molecule has 8 heteroatoms. The largest absolute Gasteiger partial charge is 0.454 e. The minimum absolute atomic E-state index is 0.237. The topological polar surface area (TPSA) is 70.3 Å². The van der Waals surface area contributed by atoms with Crippen LogP contribution in [-0.2, 0) is 6.42 Å². The van der Waals surface area contributed by atoms with Crippen molar-refractivity contribution in [3.63, 3.8) is 0 Å². The SMILES string of the molecule is Brc1ccc(-c2csc(Cc3nc(-c4ccc5c(c4)OCO5)no3)n2)cc1. The molecule has 0 fully saturated rings. The number of nitrogens with zero attached hydrogens (tertiary/aromatic N) is 3. The molecule has 0 bridgehead atoms. The van der Waals surface area contributed by atoms with Crippen LogP contribution < -0.4 is 9.47 Å². The first-order valence-corrected chi connectivity index (χ1v) is 9.85. The first-order chi connectivity index (χ1) is 13.2. The highest BCUT2D eigenvalue weighted by Gasteiger charge is 2.17. The molecule has 0 saturated heterocycles. The number of fused-ring (bicyclic) bond motifs is 1. The molecule has 3 heterocycles. The Bertz CT molecular complexity index is 1110. The zero-order valence-electron chi connectivity index (χ0n) is 13.9. The van der Waals surface area contributed by atoms with E-state index in [-0.39, 0.29) is 6.79 Å². The summed E-state index contributed by atoms with van der Waals surface area (Å²) in [4.78, 5) is 9.15. The fourth-order valence-electron chi connectivity index (χ4n) is 2.75. The molecule has 0 unspecified atom stereocenters. The first kappa shape index (κ1) is 16.5. The Morgan fingerprint density at radius 2 is 1.78 bits per heavy atom. The normalized spacial score (nSPS) is 12.5. The molecular formula is C19H12BrN3O3S. The second-order valence-corrected chi connectivity index (χ2v) is 7.75. The second kappa shape index (κ2) is 6.79. The van der Waals surface area contributed by atoms with E-state index in [4.69, 9.17) is 14.0 Å². The highest BCUT2D eigenvalue weighted by molar-refractivity contribution is 9.10. The van der Waals surface area contributed by atoms with Gasteiger partial charge in [-0.2, -0.15) is 4.98 Å². The van der Waals surface area contributed by atoms with Crippen molar-refractivity contribution in [1.29, 1.82) is 0 Å². The Labute approximate surface area is 166 Å². The van der Waals surface area contributed by atoms with Crippen LogP contribution in [0.15, 0.2) is 56.8 Å². The molecule has 134 valence electrons. The number of benzene rings is 2. The summed E-state index contributed by atoms with van der Waals surface area (Å²) in [5.41, 5.74) is 2.84. The van der Waals surface area contributed by atoms with Crippen molar-refractivity contribution in [1.82, 2.24) is 15.1 Å². The molecule has 27 heavy (non-hydrogen) atoms. The lowest BCUT2D eigenvalue weighted by molar-refractivity contribution is 0.174. The van der Waals surface area contributed by atoms with Crippen molar-refractivity contribution in [3.05, 3.63) is 63.2 Å². The molecule has 1 aliphatic heterocycles. The summed E-state index contributed by atoms with van der Waals surface area (Å²) in [5, 5.41) is 7.03. The predicted octanol–water partition coefficient (Wildman–Crippen LogP) is 4.94. The maximum atomic E-state index is 5.40. The minimum Gasteiger partial charge on any atom is -0.454 e. The lowest BCUT2D eigenvalue weighted by atomic mass is 10.2. The van der Waals surface area contributed by atoms with Crippen molar-refractivity contribution in [2.75, 3.05) is 6.79 Å². The number of thiazole rings is 1. The van der Waals surface area contributed by atoms with Crippen LogP contribution in [0.2, 0.25) is 0 Å². The molecule has 0 aliphatic carbocycles. The van der Waals surface area contributed by atoms with E-state index in [2.05, 4.69) is 31.1 Å². The van der Waals surface area contributed by atoms with Gasteiger partial charge in [0, 0.05) is 21.0 Å². The fourth-order valence-corrected chi connectivity index (χ4v) is 3.81. The van der Waals surface area contributed by atoms with Gasteiger partial charge in [0.15, 0.2) is 11.5 Å². The van der Waals surface area contributed by atoms with Gasteiger partial charge in [0.1, 0.15) is 5.01 Å². The molecular weight excluding hydrogens is 430 g/mol. The summed E-state index contributed by atoms with van der Waals surface area (Å²) in [6.07, 6.45) is 0.499. The van der Waals surface area contributed by atoms with Crippen LogP contribution >= 0.6 is 27.3 Å². The lowest BCUT2D eigenvalue weighted by Gasteiger charge is -1.97. The van der Waals surface area contributed by atoms with Gasteiger partial charge in [-0.15, -0.1) is 11.3 Å². The van der Waals surface area contributed by atoms with Gasteiger partial charge in [-0.1, -0.05) is 33.2 Å². The average molecular weight is 442 g/mol. The number of hydrogen-bond acceptors (Lipinski definition) is 7. The summed E-state index contributed by atoms with van der Waals surface area (Å²) >= 11 is 5.02. The maximum Gasteiger partial charge on any atom is 0.233 e. The van der Waals surface area contributed by atoms with Gasteiger partial charge in [0.05, 0.1) is 12.1 Å². The van der Waals surface area contributed by atoms with Gasteiger partial charge in [-0.3, -0.25) is 0 Å². The van der Waals surface area contributed by atoms with Crippen molar-refractivity contribution in [2.24, 2.45) is 0 Å². The van der Waals surface area contributed by atoms with Gasteiger partial charge in [-0.25, -0.2) is 4.98 Å². The molecule has 0 saturated carbocycles. The molecule has 2 aromatic carbocycles. The first-order valence-electron chi connectivity index (χ1n) is 8.17. The van der Waals surface area contributed by atoms with E-state index >= 15 is 0 Å². The summed E-state index contributed by atoms with van der Waals surface area (Å²) in [6, 6.07) is 13.7. The van der Waals surface area contributed by atoms with Crippen LogP contribution in [0.5, 0.6) is 11.5 Å². The molecule has 1 aliphatic rings. The fraction of sp³-hybridized carbons (Fsp3) is 0.105. The molecule has 6 nitrogen and oxygen atoms in total. The van der Waals surface area contributed by atoms with Crippen molar-refractivity contribution >= 4 is 27.3 Å². The standard InChI is InChI=1S/C19H12BrN3O3S/c20-13-4-1-11(2-5-13)14-9-27-18(21-14)8-17-22-19(23-26-17)12-3-6-15-16(7-12)25-10-24-15/h1-7,9H,8,10H2. The van der Waals surface area contributed by atoms with E-state index in [9.17, 15) is 0 Å². The minimum atomic E-state index is 0.237. The summed E-state index contributed by atoms with van der Waals surface area (Å²) in [7, 11) is 0. The molecule has 2 aromatic heterocycles. The quantitative estimate of drug-likeness (QED) is 0.446. The molecule has 0 radical (unpaired) electrons. The van der Waals surface area contributed by atoms with Crippen LogP contribution in [0.25, 0.3) is 22.6 Å². The Kier molecular flexibility index (Phi) is 4.14. The van der Waals surface area contributed by atoms with Gasteiger partial charge < -0.3 is 14.0 Å².